The molecule has 112 valence electrons. The number of hydrogen-bond donors (Lipinski definition) is 1. The fourth-order valence-electron chi connectivity index (χ4n) is 2.35. The number of halogens is 1. The Balaban J connectivity index is 1.71. The van der Waals surface area contributed by atoms with E-state index in [0.29, 0.717) is 11.3 Å². The highest BCUT2D eigenvalue weighted by Crippen LogP contribution is 2.32. The summed E-state index contributed by atoms with van der Waals surface area (Å²) in [5.74, 6) is 0.308. The number of ketones is 1. The van der Waals surface area contributed by atoms with Gasteiger partial charge in [0.05, 0.1) is 5.92 Å². The van der Waals surface area contributed by atoms with Crippen molar-refractivity contribution in [2.75, 3.05) is 11.9 Å². The number of fused-ring (bicyclic) bond motifs is 1. The van der Waals surface area contributed by atoms with Crippen molar-refractivity contribution in [3.8, 4) is 5.75 Å². The zero-order chi connectivity index (χ0) is 15.7. The van der Waals surface area contributed by atoms with Crippen LogP contribution in [0.25, 0.3) is 0 Å². The minimum Gasteiger partial charge on any atom is -0.485 e. The van der Waals surface area contributed by atoms with E-state index in [1.165, 1.54) is 0 Å². The number of hydrogen-bond acceptors (Lipinski definition) is 3. The molecule has 0 fully saturated rings. The van der Waals surface area contributed by atoms with E-state index < -0.39 is 0 Å². The molecule has 1 aliphatic rings. The van der Waals surface area contributed by atoms with Gasteiger partial charge in [-0.2, -0.15) is 0 Å². The molecule has 0 bridgehead atoms. The number of benzene rings is 2. The lowest BCUT2D eigenvalue weighted by Crippen LogP contribution is -2.12. The van der Waals surface area contributed by atoms with Gasteiger partial charge in [-0.15, -0.1) is 0 Å². The van der Waals surface area contributed by atoms with Gasteiger partial charge in [-0.25, -0.2) is 0 Å². The third kappa shape index (κ3) is 2.99. The first-order valence-corrected chi connectivity index (χ1v) is 7.99. The molecule has 0 saturated carbocycles. The van der Waals surface area contributed by atoms with Crippen LogP contribution in [-0.4, -0.2) is 18.3 Å². The van der Waals surface area contributed by atoms with E-state index in [9.17, 15) is 9.59 Å². The lowest BCUT2D eigenvalue weighted by atomic mass is 9.99. The molecule has 1 aliphatic heterocycles. The molecule has 0 aliphatic carbocycles. The van der Waals surface area contributed by atoms with Crippen molar-refractivity contribution in [2.24, 2.45) is 0 Å². The number of rotatable bonds is 4. The van der Waals surface area contributed by atoms with E-state index in [0.717, 1.165) is 14.8 Å². The average molecular weight is 407 g/mol. The maximum Gasteiger partial charge on any atom is 0.231 e. The molecule has 1 atom stereocenters. The molecule has 2 aromatic rings. The summed E-state index contributed by atoms with van der Waals surface area (Å²) < 4.78 is 6.62. The molecule has 0 spiro atoms. The van der Waals surface area contributed by atoms with Crippen LogP contribution in [0.15, 0.2) is 42.5 Å². The lowest BCUT2D eigenvalue weighted by molar-refractivity contribution is -0.116. The highest BCUT2D eigenvalue weighted by molar-refractivity contribution is 14.1. The number of ether oxygens (including phenoxy) is 1. The molecule has 5 heteroatoms. The summed E-state index contributed by atoms with van der Waals surface area (Å²) >= 11 is 2.21. The maximum atomic E-state index is 12.2. The van der Waals surface area contributed by atoms with Crippen LogP contribution >= 0.6 is 22.6 Å². The Kier molecular flexibility index (Phi) is 4.15. The molecule has 3 rings (SSSR count). The van der Waals surface area contributed by atoms with E-state index in [1.807, 2.05) is 31.2 Å². The summed E-state index contributed by atoms with van der Waals surface area (Å²) in [6, 6.07) is 12.8. The molecule has 0 aromatic heterocycles. The number of nitrogens with one attached hydrogen (secondary N) is 1. The Morgan fingerprint density at radius 2 is 1.95 bits per heavy atom. The summed E-state index contributed by atoms with van der Waals surface area (Å²) in [6.07, 6.45) is 0. The van der Waals surface area contributed by atoms with Crippen LogP contribution < -0.4 is 10.1 Å². The SMILES string of the molecule is C[C@@H]1C(=O)Nc2ccc(C(=O)COc3ccc(I)cc3)cc21. The highest BCUT2D eigenvalue weighted by atomic mass is 127. The summed E-state index contributed by atoms with van der Waals surface area (Å²) in [4.78, 5) is 23.9. The van der Waals surface area contributed by atoms with Gasteiger partial charge in [0.1, 0.15) is 5.75 Å². The molecule has 1 N–H and O–H groups in total. The highest BCUT2D eigenvalue weighted by Gasteiger charge is 2.27. The van der Waals surface area contributed by atoms with E-state index in [2.05, 4.69) is 27.9 Å². The van der Waals surface area contributed by atoms with E-state index >= 15 is 0 Å². The topological polar surface area (TPSA) is 55.4 Å². The monoisotopic (exact) mass is 407 g/mol. The Morgan fingerprint density at radius 3 is 2.68 bits per heavy atom. The van der Waals surface area contributed by atoms with E-state index in [4.69, 9.17) is 4.74 Å². The minimum atomic E-state index is -0.222. The van der Waals surface area contributed by atoms with Crippen molar-refractivity contribution >= 4 is 40.0 Å². The Hall–Kier alpha value is -1.89. The van der Waals surface area contributed by atoms with E-state index in [-0.39, 0.29) is 24.2 Å². The van der Waals surface area contributed by atoms with Crippen molar-refractivity contribution in [3.63, 3.8) is 0 Å². The van der Waals surface area contributed by atoms with Gasteiger partial charge >= 0.3 is 0 Å². The van der Waals surface area contributed by atoms with Gasteiger partial charge in [0.15, 0.2) is 12.4 Å². The summed E-state index contributed by atoms with van der Waals surface area (Å²) in [5.41, 5.74) is 2.21. The average Bonchev–Trinajstić information content (AvgIpc) is 2.81. The molecule has 2 aromatic carbocycles. The predicted molar refractivity (Wildman–Crippen MR) is 92.5 cm³/mol. The molecule has 0 unspecified atom stereocenters. The van der Waals surface area contributed by atoms with Crippen molar-refractivity contribution < 1.29 is 14.3 Å². The predicted octanol–water partition coefficient (Wildman–Crippen LogP) is 3.61. The second-order valence-electron chi connectivity index (χ2n) is 5.18. The molecule has 1 amide bonds. The van der Waals surface area contributed by atoms with Crippen molar-refractivity contribution in [1.29, 1.82) is 0 Å². The summed E-state index contributed by atoms with van der Waals surface area (Å²) in [7, 11) is 0. The van der Waals surface area contributed by atoms with Crippen LogP contribution in [0.5, 0.6) is 5.75 Å². The largest absolute Gasteiger partial charge is 0.485 e. The van der Waals surface area contributed by atoms with Gasteiger partial charge in [0.2, 0.25) is 5.91 Å². The normalized spacial score (nSPS) is 16.1. The number of carbonyl (C=O) groups is 2. The van der Waals surface area contributed by atoms with Crippen LogP contribution in [0, 0.1) is 3.57 Å². The third-order valence-corrected chi connectivity index (χ3v) is 4.39. The van der Waals surface area contributed by atoms with Crippen LogP contribution in [0.1, 0.15) is 28.8 Å². The van der Waals surface area contributed by atoms with Crippen LogP contribution in [-0.2, 0) is 4.79 Å². The molecule has 0 radical (unpaired) electrons. The minimum absolute atomic E-state index is 0.0187. The number of amides is 1. The van der Waals surface area contributed by atoms with Gasteiger partial charge < -0.3 is 10.1 Å². The first-order chi connectivity index (χ1) is 10.5. The molecular formula is C17H14INO3. The summed E-state index contributed by atoms with van der Waals surface area (Å²) in [6.45, 7) is 1.81. The summed E-state index contributed by atoms with van der Waals surface area (Å²) in [5, 5.41) is 2.79. The molecule has 1 heterocycles. The number of anilines is 1. The molecule has 0 saturated heterocycles. The van der Waals surface area contributed by atoms with Gasteiger partial charge in [-0.05, 0) is 77.5 Å². The second-order valence-corrected chi connectivity index (χ2v) is 6.42. The van der Waals surface area contributed by atoms with E-state index in [1.54, 1.807) is 18.2 Å². The van der Waals surface area contributed by atoms with Crippen LogP contribution in [0.2, 0.25) is 0 Å². The van der Waals surface area contributed by atoms with Crippen molar-refractivity contribution in [3.05, 3.63) is 57.2 Å². The first kappa shape index (κ1) is 15.0. The zero-order valence-electron chi connectivity index (χ0n) is 11.9. The third-order valence-electron chi connectivity index (χ3n) is 3.67. The maximum absolute atomic E-state index is 12.2. The zero-order valence-corrected chi connectivity index (χ0v) is 14.1. The molecular weight excluding hydrogens is 393 g/mol. The fourth-order valence-corrected chi connectivity index (χ4v) is 2.71. The molecule has 22 heavy (non-hydrogen) atoms. The van der Waals surface area contributed by atoms with Gasteiger partial charge in [0, 0.05) is 14.8 Å². The standard InChI is InChI=1S/C17H14INO3/c1-10-14-8-11(2-7-15(14)19-17(10)21)16(20)9-22-13-5-3-12(18)4-6-13/h2-8,10H,9H2,1H3,(H,19,21)/t10-/m0/s1. The molecule has 4 nitrogen and oxygen atoms in total. The van der Waals surface area contributed by atoms with Crippen molar-refractivity contribution in [2.45, 2.75) is 12.8 Å². The van der Waals surface area contributed by atoms with Gasteiger partial charge in [-0.1, -0.05) is 0 Å². The number of Topliss-reactive ketones (excluding diaryl/α,β-unsaturated/α-hetero) is 1. The van der Waals surface area contributed by atoms with Crippen LogP contribution in [0.4, 0.5) is 5.69 Å². The second kappa shape index (κ2) is 6.08. The van der Waals surface area contributed by atoms with Crippen molar-refractivity contribution in [1.82, 2.24) is 0 Å². The Morgan fingerprint density at radius 1 is 1.23 bits per heavy atom. The Labute approximate surface area is 142 Å². The van der Waals surface area contributed by atoms with Gasteiger partial charge in [-0.3, -0.25) is 9.59 Å². The number of carbonyl (C=O) groups excluding carboxylic acids is 2. The first-order valence-electron chi connectivity index (χ1n) is 6.91. The van der Waals surface area contributed by atoms with Gasteiger partial charge in [0.25, 0.3) is 0 Å². The Bertz CT molecular complexity index is 740. The quantitative estimate of drug-likeness (QED) is 0.623. The fraction of sp³-hybridized carbons (Fsp3) is 0.176. The van der Waals surface area contributed by atoms with Crippen LogP contribution in [0.3, 0.4) is 0 Å². The lowest BCUT2D eigenvalue weighted by Gasteiger charge is -2.07. The smallest absolute Gasteiger partial charge is 0.231 e.